The van der Waals surface area contributed by atoms with Crippen LogP contribution in [0.15, 0.2) is 24.3 Å². The van der Waals surface area contributed by atoms with E-state index < -0.39 is 12.0 Å². The molecule has 0 unspecified atom stereocenters. The molecule has 4 heteroatoms. The predicted molar refractivity (Wildman–Crippen MR) is 57.6 cm³/mol. The molecule has 1 aliphatic heterocycles. The highest BCUT2D eigenvalue weighted by Gasteiger charge is 2.30. The quantitative estimate of drug-likeness (QED) is 0.750. The average Bonchev–Trinajstić information content (AvgIpc) is 2.28. The second-order valence-electron chi connectivity index (χ2n) is 3.89. The molecule has 1 aromatic rings. The Morgan fingerprint density at radius 3 is 2.81 bits per heavy atom. The summed E-state index contributed by atoms with van der Waals surface area (Å²) in [5.74, 6) is -0.857. The molecule has 4 nitrogen and oxygen atoms in total. The molecule has 2 rings (SSSR count). The normalized spacial score (nSPS) is 19.8. The fourth-order valence-electron chi connectivity index (χ4n) is 2.08. The van der Waals surface area contributed by atoms with Crippen LogP contribution >= 0.6 is 0 Å². The smallest absolute Gasteiger partial charge is 0.321 e. The molecule has 0 aromatic heterocycles. The number of benzene rings is 1. The summed E-state index contributed by atoms with van der Waals surface area (Å²) in [6, 6.07) is 9.23. The van der Waals surface area contributed by atoms with E-state index in [1.807, 2.05) is 30.3 Å². The molecule has 1 N–H and O–H groups in total. The molecular weight excluding hydrogens is 204 g/mol. The highest BCUT2D eigenvalue weighted by Crippen LogP contribution is 2.22. The van der Waals surface area contributed by atoms with Crippen LogP contribution in [0.2, 0.25) is 0 Å². The average molecular weight is 216 g/mol. The lowest BCUT2D eigenvalue weighted by Crippen LogP contribution is -2.45. The maximum atomic E-state index is 11.1. The highest BCUT2D eigenvalue weighted by molar-refractivity contribution is 5.74. The van der Waals surface area contributed by atoms with Crippen molar-refractivity contribution in [2.45, 2.75) is 19.0 Å². The second-order valence-corrected chi connectivity index (χ2v) is 3.89. The molecular formula is C12H12N2O2. The molecule has 1 atom stereocenters. The third kappa shape index (κ3) is 1.90. The van der Waals surface area contributed by atoms with E-state index in [0.717, 1.165) is 11.1 Å². The largest absolute Gasteiger partial charge is 0.480 e. The molecule has 1 heterocycles. The highest BCUT2D eigenvalue weighted by atomic mass is 16.4. The molecule has 0 saturated carbocycles. The van der Waals surface area contributed by atoms with Crippen LogP contribution < -0.4 is 0 Å². The summed E-state index contributed by atoms with van der Waals surface area (Å²) in [4.78, 5) is 12.8. The third-order valence-corrected chi connectivity index (χ3v) is 2.90. The number of hydrogen-bond donors (Lipinski definition) is 1. The van der Waals surface area contributed by atoms with Crippen LogP contribution in [-0.2, 0) is 17.8 Å². The van der Waals surface area contributed by atoms with Crippen molar-refractivity contribution in [2.24, 2.45) is 0 Å². The third-order valence-electron chi connectivity index (χ3n) is 2.90. The van der Waals surface area contributed by atoms with Gasteiger partial charge in [0.25, 0.3) is 0 Å². The van der Waals surface area contributed by atoms with E-state index in [9.17, 15) is 4.79 Å². The Kier molecular flexibility index (Phi) is 2.88. The molecule has 16 heavy (non-hydrogen) atoms. The number of nitriles is 1. The van der Waals surface area contributed by atoms with Gasteiger partial charge in [0.1, 0.15) is 6.04 Å². The van der Waals surface area contributed by atoms with E-state index in [4.69, 9.17) is 10.4 Å². The lowest BCUT2D eigenvalue weighted by Gasteiger charge is -2.32. The van der Waals surface area contributed by atoms with E-state index in [1.165, 1.54) is 0 Å². The summed E-state index contributed by atoms with van der Waals surface area (Å²) in [6.45, 7) is 0.700. The SMILES string of the molecule is N#CCN1Cc2ccccc2C[C@H]1C(=O)O. The van der Waals surface area contributed by atoms with E-state index in [-0.39, 0.29) is 6.54 Å². The van der Waals surface area contributed by atoms with Crippen molar-refractivity contribution in [1.29, 1.82) is 5.26 Å². The van der Waals surface area contributed by atoms with Gasteiger partial charge in [0.2, 0.25) is 0 Å². The van der Waals surface area contributed by atoms with Crippen LogP contribution in [0.3, 0.4) is 0 Å². The van der Waals surface area contributed by atoms with Crippen molar-refractivity contribution in [3.63, 3.8) is 0 Å². The minimum Gasteiger partial charge on any atom is -0.480 e. The van der Waals surface area contributed by atoms with Crippen LogP contribution in [0.4, 0.5) is 0 Å². The number of fused-ring (bicyclic) bond motifs is 1. The number of carboxylic acid groups (broad SMARTS) is 1. The van der Waals surface area contributed by atoms with E-state index >= 15 is 0 Å². The van der Waals surface area contributed by atoms with Gasteiger partial charge in [0.05, 0.1) is 12.6 Å². The molecule has 1 aromatic carbocycles. The lowest BCUT2D eigenvalue weighted by molar-refractivity contribution is -0.143. The van der Waals surface area contributed by atoms with Crippen molar-refractivity contribution in [1.82, 2.24) is 4.90 Å². The standard InChI is InChI=1S/C12H12N2O2/c13-5-6-14-8-10-4-2-1-3-9(10)7-11(14)12(15)16/h1-4,11H,6-8H2,(H,15,16)/t11-/m0/s1. The van der Waals surface area contributed by atoms with Gasteiger partial charge >= 0.3 is 5.97 Å². The Balaban J connectivity index is 2.30. The number of carbonyl (C=O) groups is 1. The molecule has 0 radical (unpaired) electrons. The van der Waals surface area contributed by atoms with Crippen molar-refractivity contribution in [3.8, 4) is 6.07 Å². The van der Waals surface area contributed by atoms with E-state index in [2.05, 4.69) is 0 Å². The number of hydrogen-bond acceptors (Lipinski definition) is 3. The van der Waals surface area contributed by atoms with Gasteiger partial charge in [0, 0.05) is 6.54 Å². The van der Waals surface area contributed by atoms with Crippen LogP contribution in [0.5, 0.6) is 0 Å². The summed E-state index contributed by atoms with van der Waals surface area (Å²) in [5, 5.41) is 17.8. The first-order valence-corrected chi connectivity index (χ1v) is 5.13. The second kappa shape index (κ2) is 4.33. The number of nitrogens with zero attached hydrogens (tertiary/aromatic N) is 2. The molecule has 0 fully saturated rings. The van der Waals surface area contributed by atoms with Crippen molar-refractivity contribution < 1.29 is 9.90 Å². The monoisotopic (exact) mass is 216 g/mol. The molecule has 0 amide bonds. The summed E-state index contributed by atoms with van der Waals surface area (Å²) < 4.78 is 0. The van der Waals surface area contributed by atoms with Gasteiger partial charge in [-0.25, -0.2) is 0 Å². The fraction of sp³-hybridized carbons (Fsp3) is 0.333. The first kappa shape index (κ1) is 10.7. The van der Waals surface area contributed by atoms with Crippen molar-refractivity contribution in [2.75, 3.05) is 6.54 Å². The minimum absolute atomic E-state index is 0.158. The first-order valence-electron chi connectivity index (χ1n) is 5.13. The Labute approximate surface area is 93.7 Å². The molecule has 82 valence electrons. The van der Waals surface area contributed by atoms with Gasteiger partial charge in [0.15, 0.2) is 0 Å². The van der Waals surface area contributed by atoms with Gasteiger partial charge in [-0.15, -0.1) is 0 Å². The molecule has 0 bridgehead atoms. The Morgan fingerprint density at radius 1 is 1.50 bits per heavy atom. The zero-order valence-electron chi connectivity index (χ0n) is 8.76. The Morgan fingerprint density at radius 2 is 2.19 bits per heavy atom. The van der Waals surface area contributed by atoms with Gasteiger partial charge < -0.3 is 5.11 Å². The summed E-state index contributed by atoms with van der Waals surface area (Å²) in [6.07, 6.45) is 0.479. The van der Waals surface area contributed by atoms with Crippen LogP contribution in [0, 0.1) is 11.3 Å². The fourth-order valence-corrected chi connectivity index (χ4v) is 2.08. The summed E-state index contributed by atoms with van der Waals surface area (Å²) >= 11 is 0. The molecule has 0 aliphatic carbocycles. The van der Waals surface area contributed by atoms with E-state index in [1.54, 1.807) is 4.90 Å². The van der Waals surface area contributed by atoms with Crippen molar-refractivity contribution in [3.05, 3.63) is 35.4 Å². The predicted octanol–water partition coefficient (Wildman–Crippen LogP) is 1.02. The summed E-state index contributed by atoms with van der Waals surface area (Å²) in [7, 11) is 0. The molecule has 0 spiro atoms. The zero-order chi connectivity index (χ0) is 11.5. The Bertz CT molecular complexity index is 451. The van der Waals surface area contributed by atoms with Gasteiger partial charge in [-0.05, 0) is 17.5 Å². The van der Waals surface area contributed by atoms with E-state index in [0.29, 0.717) is 13.0 Å². The number of rotatable bonds is 2. The maximum Gasteiger partial charge on any atom is 0.321 e. The van der Waals surface area contributed by atoms with Gasteiger partial charge in [-0.3, -0.25) is 9.69 Å². The van der Waals surface area contributed by atoms with Crippen LogP contribution in [-0.4, -0.2) is 28.6 Å². The molecule has 1 aliphatic rings. The zero-order valence-corrected chi connectivity index (χ0v) is 8.76. The van der Waals surface area contributed by atoms with Crippen LogP contribution in [0.25, 0.3) is 0 Å². The molecule has 0 saturated heterocycles. The lowest BCUT2D eigenvalue weighted by atomic mass is 9.94. The van der Waals surface area contributed by atoms with Gasteiger partial charge in [-0.2, -0.15) is 5.26 Å². The van der Waals surface area contributed by atoms with Crippen molar-refractivity contribution >= 4 is 5.97 Å². The summed E-state index contributed by atoms with van der Waals surface area (Å²) in [5.41, 5.74) is 2.19. The Hall–Kier alpha value is -1.86. The first-order chi connectivity index (χ1) is 7.72. The minimum atomic E-state index is -0.857. The number of aliphatic carboxylic acids is 1. The van der Waals surface area contributed by atoms with Gasteiger partial charge in [-0.1, -0.05) is 24.3 Å². The number of carboxylic acids is 1. The topological polar surface area (TPSA) is 64.3 Å². The maximum absolute atomic E-state index is 11.1. The van der Waals surface area contributed by atoms with Crippen LogP contribution in [0.1, 0.15) is 11.1 Å².